The average Bonchev–Trinajstić information content (AvgIpc) is 3.46. The molecule has 7 aromatic rings. The molecule has 1 spiro atoms. The molecule has 4 aliphatic rings. The fraction of sp³-hybridized carbons (Fsp3) is 0.220. The number of nitrogen functional groups attached to an aromatic ring is 1. The summed E-state index contributed by atoms with van der Waals surface area (Å²) in [6.07, 6.45) is 10.5. The number of para-hydroxylation sites is 2. The zero-order valence-electron chi connectivity index (χ0n) is 37.9. The number of fused-ring (bicyclic) bond motifs is 6. The van der Waals surface area contributed by atoms with Gasteiger partial charge in [0, 0.05) is 40.7 Å². The molecule has 5 heteroatoms. The van der Waals surface area contributed by atoms with Gasteiger partial charge < -0.3 is 10.6 Å². The van der Waals surface area contributed by atoms with E-state index in [0.29, 0.717) is 0 Å². The Morgan fingerprint density at radius 2 is 1.19 bits per heavy atom. The summed E-state index contributed by atoms with van der Waals surface area (Å²) in [5, 5.41) is 6.26. The van der Waals surface area contributed by atoms with Gasteiger partial charge in [0.05, 0.1) is 29.5 Å². The second-order valence-corrected chi connectivity index (χ2v) is 20.4. The third-order valence-electron chi connectivity index (χ3n) is 15.3. The molecular weight excluding hydrogens is 796 g/mol. The number of hydrogen-bond acceptors (Lipinski definition) is 4. The maximum absolute atomic E-state index is 6.36. The van der Waals surface area contributed by atoms with Crippen LogP contribution in [0.2, 0.25) is 0 Å². The van der Waals surface area contributed by atoms with Gasteiger partial charge in [-0.05, 0) is 116 Å². The Kier molecular flexibility index (Phi) is 9.39. The van der Waals surface area contributed by atoms with E-state index >= 15 is 0 Å². The quantitative estimate of drug-likeness (QED) is 0.134. The summed E-state index contributed by atoms with van der Waals surface area (Å²) in [4.78, 5) is 2.69. The van der Waals surface area contributed by atoms with Crippen molar-refractivity contribution < 1.29 is 0 Å². The van der Waals surface area contributed by atoms with Gasteiger partial charge in [-0.25, -0.2) is 0 Å². The summed E-state index contributed by atoms with van der Waals surface area (Å²) < 4.78 is 0. The number of aryl methyl sites for hydroxylation is 2. The number of hydrazine groups is 1. The van der Waals surface area contributed by atoms with Crippen molar-refractivity contribution in [2.75, 3.05) is 20.7 Å². The molecular formula is C59H57N4P. The van der Waals surface area contributed by atoms with Crippen molar-refractivity contribution in [1.29, 1.82) is 0 Å². The lowest BCUT2D eigenvalue weighted by atomic mass is 9.64. The number of nitrogens with zero attached hydrogens (tertiary/aromatic N) is 3. The highest BCUT2D eigenvalue weighted by atomic mass is 31.0. The number of anilines is 4. The molecule has 0 amide bonds. The zero-order chi connectivity index (χ0) is 44.1. The Morgan fingerprint density at radius 1 is 0.609 bits per heavy atom. The van der Waals surface area contributed by atoms with Gasteiger partial charge in [0.1, 0.15) is 0 Å². The van der Waals surface area contributed by atoms with Crippen molar-refractivity contribution in [1.82, 2.24) is 0 Å². The van der Waals surface area contributed by atoms with Crippen molar-refractivity contribution in [3.05, 3.63) is 208 Å². The van der Waals surface area contributed by atoms with Crippen LogP contribution in [0.15, 0.2) is 158 Å². The summed E-state index contributed by atoms with van der Waals surface area (Å²) >= 11 is 0. The highest BCUT2D eigenvalue weighted by molar-refractivity contribution is 7.27. The fourth-order valence-electron chi connectivity index (χ4n) is 11.7. The van der Waals surface area contributed by atoms with E-state index in [-0.39, 0.29) is 22.4 Å². The van der Waals surface area contributed by atoms with Crippen LogP contribution in [-0.4, -0.2) is 11.6 Å². The van der Waals surface area contributed by atoms with Crippen LogP contribution in [0.25, 0.3) is 34.4 Å². The first kappa shape index (κ1) is 40.4. The number of hydrogen-bond donors (Lipinski definition) is 1. The molecule has 3 heterocycles. The van der Waals surface area contributed by atoms with Gasteiger partial charge in [-0.3, -0.25) is 10.0 Å². The highest BCUT2D eigenvalue weighted by Crippen LogP contribution is 2.56. The van der Waals surface area contributed by atoms with Crippen LogP contribution in [-0.2, 0) is 30.3 Å². The van der Waals surface area contributed by atoms with Crippen LogP contribution in [0.5, 0.6) is 0 Å². The van der Waals surface area contributed by atoms with Gasteiger partial charge in [0.15, 0.2) is 0 Å². The molecule has 3 unspecified atom stereocenters. The molecule has 318 valence electrons. The first-order chi connectivity index (χ1) is 30.8. The van der Waals surface area contributed by atoms with E-state index in [1.54, 1.807) is 0 Å². The zero-order valence-corrected chi connectivity index (χ0v) is 39.0. The molecule has 1 aliphatic carbocycles. The van der Waals surface area contributed by atoms with Crippen LogP contribution in [0.3, 0.4) is 0 Å². The summed E-state index contributed by atoms with van der Waals surface area (Å²) in [5.41, 5.74) is 27.4. The van der Waals surface area contributed by atoms with Gasteiger partial charge in [-0.15, -0.1) is 9.24 Å². The third kappa shape index (κ3) is 6.28. The molecule has 0 fully saturated rings. The van der Waals surface area contributed by atoms with E-state index in [1.807, 2.05) is 0 Å². The molecule has 0 saturated heterocycles. The average molecular weight is 853 g/mol. The van der Waals surface area contributed by atoms with Gasteiger partial charge in [0.25, 0.3) is 0 Å². The smallest absolute Gasteiger partial charge is 0.0782 e. The Labute approximate surface area is 381 Å². The van der Waals surface area contributed by atoms with Crippen molar-refractivity contribution in [2.24, 2.45) is 0 Å². The normalized spacial score (nSPS) is 19.5. The minimum Gasteiger partial charge on any atom is -0.399 e. The van der Waals surface area contributed by atoms with Crippen LogP contribution in [0, 0.1) is 13.8 Å². The Hall–Kier alpha value is -6.35. The molecule has 2 N–H and O–H groups in total. The molecule has 0 bridgehead atoms. The minimum atomic E-state index is -0.172. The van der Waals surface area contributed by atoms with E-state index in [9.17, 15) is 0 Å². The summed E-state index contributed by atoms with van der Waals surface area (Å²) in [7, 11) is 2.89. The van der Waals surface area contributed by atoms with Gasteiger partial charge in [-0.2, -0.15) is 0 Å². The standard InChI is InChI=1S/C59H57N4P/c1-38-32-49(64)34-46-29-30-59(35-50(38)46)58(5,6)52-12-8-9-13-53(52)61(59)36-40-15-19-42(20-16-40)44-23-25-45(26-24-44)43-21-17-41(18-22-43)37-62-54-14-10-7-11-51(54)57(3,4)55-28-27-47-33-48(60)31-39(2)56(47)63(55)62/h7-34,55H,35-37,60,64H2,1-6H3. The maximum atomic E-state index is 6.36. The van der Waals surface area contributed by atoms with Crippen LogP contribution in [0.1, 0.15) is 77.8 Å². The molecule has 0 aromatic heterocycles. The van der Waals surface area contributed by atoms with Gasteiger partial charge in [-0.1, -0.05) is 167 Å². The monoisotopic (exact) mass is 852 g/mol. The summed E-state index contributed by atoms with van der Waals surface area (Å²) in [6, 6.07) is 54.4. The first-order valence-electron chi connectivity index (χ1n) is 22.8. The molecule has 0 saturated carbocycles. The van der Waals surface area contributed by atoms with E-state index < -0.39 is 0 Å². The van der Waals surface area contributed by atoms with Crippen LogP contribution < -0.4 is 26.0 Å². The molecule has 3 aliphatic heterocycles. The van der Waals surface area contributed by atoms with E-state index in [0.717, 1.165) is 25.2 Å². The Morgan fingerprint density at radius 3 is 1.84 bits per heavy atom. The largest absolute Gasteiger partial charge is 0.399 e. The second kappa shape index (κ2) is 14.9. The van der Waals surface area contributed by atoms with E-state index in [2.05, 4.69) is 236 Å². The summed E-state index contributed by atoms with van der Waals surface area (Å²) in [5.74, 6) is 0. The third-order valence-corrected chi connectivity index (χ3v) is 15.6. The van der Waals surface area contributed by atoms with E-state index in [4.69, 9.17) is 5.73 Å². The molecule has 4 nitrogen and oxygen atoms in total. The highest BCUT2D eigenvalue weighted by Gasteiger charge is 2.56. The maximum Gasteiger partial charge on any atom is 0.0782 e. The number of benzene rings is 7. The lowest BCUT2D eigenvalue weighted by molar-refractivity contribution is 0.317. The van der Waals surface area contributed by atoms with Crippen molar-refractivity contribution in [2.45, 2.75) is 83.5 Å². The molecule has 0 radical (unpaired) electrons. The van der Waals surface area contributed by atoms with Crippen molar-refractivity contribution >= 4 is 49.4 Å². The summed E-state index contributed by atoms with van der Waals surface area (Å²) in [6.45, 7) is 15.7. The Balaban J connectivity index is 0.831. The molecule has 11 rings (SSSR count). The van der Waals surface area contributed by atoms with Gasteiger partial charge >= 0.3 is 0 Å². The lowest BCUT2D eigenvalue weighted by Crippen LogP contribution is -2.60. The van der Waals surface area contributed by atoms with E-state index in [1.165, 1.54) is 94.7 Å². The number of rotatable bonds is 6. The number of nitrogens with two attached hydrogens (primary N) is 1. The predicted octanol–water partition coefficient (Wildman–Crippen LogP) is 13.1. The second-order valence-electron chi connectivity index (χ2n) is 19.8. The van der Waals surface area contributed by atoms with Crippen molar-refractivity contribution in [3.8, 4) is 22.3 Å². The fourth-order valence-corrected chi connectivity index (χ4v) is 12.1. The molecule has 64 heavy (non-hydrogen) atoms. The minimum absolute atomic E-state index is 0.0701. The lowest BCUT2D eigenvalue weighted by Gasteiger charge is -2.55. The first-order valence-corrected chi connectivity index (χ1v) is 23.4. The molecule has 3 atom stereocenters. The van der Waals surface area contributed by atoms with Gasteiger partial charge in [0.2, 0.25) is 0 Å². The topological polar surface area (TPSA) is 35.7 Å². The van der Waals surface area contributed by atoms with Crippen LogP contribution >= 0.6 is 9.24 Å². The Bertz CT molecular complexity index is 3030. The van der Waals surface area contributed by atoms with Crippen LogP contribution in [0.4, 0.5) is 22.7 Å². The predicted molar refractivity (Wildman–Crippen MR) is 276 cm³/mol. The molecule has 7 aromatic carbocycles. The SMILES string of the molecule is Cc1cc(P)cc2c1CC1(C=C2)N(Cc2ccc(-c3ccc(-c4ccc(CN5c6ccccc6C(C)(C)C6C=Cc7cc(N)cc(C)c7N65)cc4)cc3)cc2)c2ccccc2C1(C)C. The van der Waals surface area contributed by atoms with Crippen molar-refractivity contribution in [3.63, 3.8) is 0 Å².